The van der Waals surface area contributed by atoms with Crippen LogP contribution in [0.25, 0.3) is 10.9 Å². The molecule has 20 heavy (non-hydrogen) atoms. The summed E-state index contributed by atoms with van der Waals surface area (Å²) in [4.78, 5) is 0. The minimum absolute atomic E-state index is 0.237. The van der Waals surface area contributed by atoms with Crippen LogP contribution in [0.1, 0.15) is 11.6 Å². The molecule has 0 amide bonds. The standard InChI is InChI=1S/C16H12F3N/c17-16(18,19)15(13-7-2-1-3-8-13)20-11-10-12-6-4-5-9-14(12)20/h1-11,15H. The second-order valence-corrected chi connectivity index (χ2v) is 4.64. The van der Waals surface area contributed by atoms with Crippen molar-refractivity contribution in [3.8, 4) is 0 Å². The molecular weight excluding hydrogens is 263 g/mol. The molecule has 102 valence electrons. The molecule has 0 saturated carbocycles. The number of aromatic nitrogens is 1. The fourth-order valence-electron chi connectivity index (χ4n) is 2.47. The lowest BCUT2D eigenvalue weighted by atomic mass is 10.1. The van der Waals surface area contributed by atoms with E-state index in [-0.39, 0.29) is 5.56 Å². The van der Waals surface area contributed by atoms with Crippen LogP contribution in [0.5, 0.6) is 0 Å². The van der Waals surface area contributed by atoms with Crippen LogP contribution >= 0.6 is 0 Å². The van der Waals surface area contributed by atoms with Crippen molar-refractivity contribution in [2.45, 2.75) is 12.2 Å². The topological polar surface area (TPSA) is 4.93 Å². The Hall–Kier alpha value is -2.23. The van der Waals surface area contributed by atoms with Gasteiger partial charge < -0.3 is 4.57 Å². The van der Waals surface area contributed by atoms with Gasteiger partial charge in [0.05, 0.1) is 0 Å². The molecule has 0 bridgehead atoms. The van der Waals surface area contributed by atoms with Crippen LogP contribution in [-0.4, -0.2) is 10.7 Å². The first kappa shape index (κ1) is 12.8. The lowest BCUT2D eigenvalue weighted by Gasteiger charge is -2.23. The molecule has 0 fully saturated rings. The monoisotopic (exact) mass is 275 g/mol. The minimum atomic E-state index is -4.34. The first-order chi connectivity index (χ1) is 9.57. The number of para-hydroxylation sites is 1. The number of fused-ring (bicyclic) bond motifs is 1. The van der Waals surface area contributed by atoms with Gasteiger partial charge in [0.2, 0.25) is 0 Å². The predicted molar refractivity (Wildman–Crippen MR) is 72.6 cm³/mol. The van der Waals surface area contributed by atoms with Crippen molar-refractivity contribution in [1.29, 1.82) is 0 Å². The molecule has 1 nitrogen and oxygen atoms in total. The molecular formula is C16H12F3N. The molecule has 1 aromatic heterocycles. The Bertz CT molecular complexity index is 713. The highest BCUT2D eigenvalue weighted by Gasteiger charge is 2.42. The second-order valence-electron chi connectivity index (χ2n) is 4.64. The van der Waals surface area contributed by atoms with Gasteiger partial charge in [-0.3, -0.25) is 0 Å². The van der Waals surface area contributed by atoms with Gasteiger partial charge in [-0.05, 0) is 23.1 Å². The molecule has 0 aliphatic rings. The third-order valence-corrected chi connectivity index (χ3v) is 3.33. The fourth-order valence-corrected chi connectivity index (χ4v) is 2.47. The molecule has 0 saturated heterocycles. The summed E-state index contributed by atoms with van der Waals surface area (Å²) in [5.41, 5.74) is 0.819. The summed E-state index contributed by atoms with van der Waals surface area (Å²) < 4.78 is 41.7. The normalized spacial score (nSPS) is 13.6. The van der Waals surface area contributed by atoms with Crippen LogP contribution in [-0.2, 0) is 0 Å². The van der Waals surface area contributed by atoms with Crippen LogP contribution in [0.3, 0.4) is 0 Å². The molecule has 3 aromatic rings. The SMILES string of the molecule is FC(F)(F)C(c1ccccc1)n1ccc2ccccc21. The van der Waals surface area contributed by atoms with Gasteiger partial charge in [0, 0.05) is 11.7 Å². The number of nitrogens with zero attached hydrogens (tertiary/aromatic N) is 1. The van der Waals surface area contributed by atoms with Crippen molar-refractivity contribution in [3.63, 3.8) is 0 Å². The summed E-state index contributed by atoms with van der Waals surface area (Å²) in [5, 5.41) is 0.803. The maximum atomic E-state index is 13.5. The van der Waals surface area contributed by atoms with Crippen molar-refractivity contribution in [2.24, 2.45) is 0 Å². The van der Waals surface area contributed by atoms with E-state index in [1.807, 2.05) is 12.1 Å². The third kappa shape index (κ3) is 2.18. The Balaban J connectivity index is 2.20. The minimum Gasteiger partial charge on any atom is -0.331 e. The van der Waals surface area contributed by atoms with Gasteiger partial charge in [-0.25, -0.2) is 0 Å². The Morgan fingerprint density at radius 1 is 0.800 bits per heavy atom. The average molecular weight is 275 g/mol. The summed E-state index contributed by atoms with van der Waals surface area (Å²) in [6, 6.07) is 15.1. The maximum absolute atomic E-state index is 13.5. The fraction of sp³-hybridized carbons (Fsp3) is 0.125. The summed E-state index contributed by atoms with van der Waals surface area (Å²) in [6.07, 6.45) is -2.85. The highest BCUT2D eigenvalue weighted by molar-refractivity contribution is 5.80. The van der Waals surface area contributed by atoms with Crippen molar-refractivity contribution in [2.75, 3.05) is 0 Å². The van der Waals surface area contributed by atoms with Gasteiger partial charge in [-0.1, -0.05) is 48.5 Å². The van der Waals surface area contributed by atoms with Crippen LogP contribution in [0, 0.1) is 0 Å². The highest BCUT2D eigenvalue weighted by atomic mass is 19.4. The summed E-state index contributed by atoms with van der Waals surface area (Å²) in [7, 11) is 0. The highest BCUT2D eigenvalue weighted by Crippen LogP contribution is 2.38. The van der Waals surface area contributed by atoms with E-state index in [2.05, 4.69) is 0 Å². The Labute approximate surface area is 114 Å². The van der Waals surface area contributed by atoms with E-state index >= 15 is 0 Å². The van der Waals surface area contributed by atoms with Crippen LogP contribution in [0.15, 0.2) is 66.9 Å². The van der Waals surface area contributed by atoms with Gasteiger partial charge in [0.25, 0.3) is 0 Å². The number of benzene rings is 2. The molecule has 2 aromatic carbocycles. The zero-order chi connectivity index (χ0) is 14.2. The Kier molecular flexibility index (Phi) is 3.01. The van der Waals surface area contributed by atoms with E-state index in [1.165, 1.54) is 22.9 Å². The number of hydrogen-bond acceptors (Lipinski definition) is 0. The smallest absolute Gasteiger partial charge is 0.331 e. The zero-order valence-electron chi connectivity index (χ0n) is 10.5. The maximum Gasteiger partial charge on any atom is 0.413 e. The first-order valence-electron chi connectivity index (χ1n) is 6.24. The predicted octanol–water partition coefficient (Wildman–Crippen LogP) is 4.79. The first-order valence-corrected chi connectivity index (χ1v) is 6.24. The van der Waals surface area contributed by atoms with Crippen molar-refractivity contribution in [3.05, 3.63) is 72.4 Å². The van der Waals surface area contributed by atoms with Gasteiger partial charge in [0.15, 0.2) is 6.04 Å². The van der Waals surface area contributed by atoms with Crippen molar-refractivity contribution < 1.29 is 13.2 Å². The summed E-state index contributed by atoms with van der Waals surface area (Å²) in [5.74, 6) is 0. The molecule has 0 N–H and O–H groups in total. The van der Waals surface area contributed by atoms with E-state index < -0.39 is 12.2 Å². The summed E-state index contributed by atoms with van der Waals surface area (Å²) >= 11 is 0. The number of alkyl halides is 3. The number of rotatable bonds is 2. The lowest BCUT2D eigenvalue weighted by Crippen LogP contribution is -2.27. The van der Waals surface area contributed by atoms with Gasteiger partial charge in [0.1, 0.15) is 0 Å². The molecule has 0 aliphatic heterocycles. The number of halogens is 3. The molecule has 0 aliphatic carbocycles. The Morgan fingerprint density at radius 3 is 2.15 bits per heavy atom. The van der Waals surface area contributed by atoms with E-state index in [0.29, 0.717) is 5.52 Å². The summed E-state index contributed by atoms with van der Waals surface area (Å²) in [6.45, 7) is 0. The van der Waals surface area contributed by atoms with Crippen LogP contribution in [0.4, 0.5) is 13.2 Å². The van der Waals surface area contributed by atoms with Gasteiger partial charge >= 0.3 is 6.18 Å². The van der Waals surface area contributed by atoms with Gasteiger partial charge in [-0.15, -0.1) is 0 Å². The molecule has 1 heterocycles. The van der Waals surface area contributed by atoms with E-state index in [1.54, 1.807) is 36.4 Å². The molecule has 3 rings (SSSR count). The molecule has 1 atom stereocenters. The van der Waals surface area contributed by atoms with Crippen LogP contribution in [0.2, 0.25) is 0 Å². The third-order valence-electron chi connectivity index (χ3n) is 3.33. The second kappa shape index (κ2) is 4.71. The molecule has 4 heteroatoms. The van der Waals surface area contributed by atoms with Crippen molar-refractivity contribution in [1.82, 2.24) is 4.57 Å². The molecule has 1 unspecified atom stereocenters. The van der Waals surface area contributed by atoms with Gasteiger partial charge in [-0.2, -0.15) is 13.2 Å². The number of hydrogen-bond donors (Lipinski definition) is 0. The van der Waals surface area contributed by atoms with Crippen LogP contribution < -0.4 is 0 Å². The average Bonchev–Trinajstić information content (AvgIpc) is 2.83. The molecule has 0 radical (unpaired) electrons. The Morgan fingerprint density at radius 2 is 1.45 bits per heavy atom. The van der Waals surface area contributed by atoms with E-state index in [0.717, 1.165) is 5.39 Å². The lowest BCUT2D eigenvalue weighted by molar-refractivity contribution is -0.156. The van der Waals surface area contributed by atoms with Crippen molar-refractivity contribution >= 4 is 10.9 Å². The zero-order valence-corrected chi connectivity index (χ0v) is 10.5. The largest absolute Gasteiger partial charge is 0.413 e. The quantitative estimate of drug-likeness (QED) is 0.633. The van der Waals surface area contributed by atoms with E-state index in [4.69, 9.17) is 0 Å². The van der Waals surface area contributed by atoms with E-state index in [9.17, 15) is 13.2 Å². The molecule has 0 spiro atoms.